The molecule has 0 atom stereocenters. The predicted molar refractivity (Wildman–Crippen MR) is 115 cm³/mol. The molecule has 0 saturated carbocycles. The van der Waals surface area contributed by atoms with Gasteiger partial charge < -0.3 is 10.6 Å². The van der Waals surface area contributed by atoms with E-state index in [-0.39, 0.29) is 29.5 Å². The van der Waals surface area contributed by atoms with Crippen LogP contribution in [0.2, 0.25) is 5.02 Å². The zero-order chi connectivity index (χ0) is 21.8. The highest BCUT2D eigenvalue weighted by molar-refractivity contribution is 6.33. The Morgan fingerprint density at radius 2 is 1.94 bits per heavy atom. The summed E-state index contributed by atoms with van der Waals surface area (Å²) >= 11 is 5.90. The Hall–Kier alpha value is -3.78. The fourth-order valence-electron chi connectivity index (χ4n) is 3.05. The van der Waals surface area contributed by atoms with Gasteiger partial charge in [0.1, 0.15) is 23.0 Å². The van der Waals surface area contributed by atoms with E-state index in [4.69, 9.17) is 11.6 Å². The SMILES string of the molecule is O=C(CCNC(=O)c1ccc(F)cc1Cl)Nc1c(-c2ccccn2)nc2ccccn12. The maximum atomic E-state index is 13.1. The first-order valence-electron chi connectivity index (χ1n) is 9.44. The fourth-order valence-corrected chi connectivity index (χ4v) is 3.30. The zero-order valence-electron chi connectivity index (χ0n) is 16.2. The highest BCUT2D eigenvalue weighted by Crippen LogP contribution is 2.27. The lowest BCUT2D eigenvalue weighted by Gasteiger charge is -2.09. The first kappa shape index (κ1) is 20.5. The van der Waals surface area contributed by atoms with Crippen LogP contribution in [0.5, 0.6) is 0 Å². The molecule has 3 aromatic heterocycles. The third-order valence-corrected chi connectivity index (χ3v) is 4.82. The number of carbonyl (C=O) groups excluding carboxylic acids is 2. The van der Waals surface area contributed by atoms with Crippen molar-refractivity contribution in [1.82, 2.24) is 19.7 Å². The zero-order valence-corrected chi connectivity index (χ0v) is 16.9. The summed E-state index contributed by atoms with van der Waals surface area (Å²) in [6, 6.07) is 14.5. The van der Waals surface area contributed by atoms with Crippen molar-refractivity contribution in [2.75, 3.05) is 11.9 Å². The van der Waals surface area contributed by atoms with Crippen molar-refractivity contribution in [3.8, 4) is 11.4 Å². The number of aromatic nitrogens is 3. The van der Waals surface area contributed by atoms with Crippen LogP contribution in [-0.4, -0.2) is 32.7 Å². The highest BCUT2D eigenvalue weighted by Gasteiger charge is 2.17. The van der Waals surface area contributed by atoms with Crippen LogP contribution in [0.1, 0.15) is 16.8 Å². The Kier molecular flexibility index (Phi) is 5.90. The molecule has 2 N–H and O–H groups in total. The predicted octanol–water partition coefficient (Wildman–Crippen LogP) is 3.95. The van der Waals surface area contributed by atoms with Gasteiger partial charge in [0.05, 0.1) is 16.3 Å². The van der Waals surface area contributed by atoms with Crippen LogP contribution >= 0.6 is 11.6 Å². The van der Waals surface area contributed by atoms with Crippen LogP contribution < -0.4 is 10.6 Å². The molecule has 7 nitrogen and oxygen atoms in total. The number of pyridine rings is 2. The molecule has 2 amide bonds. The molecule has 9 heteroatoms. The van der Waals surface area contributed by atoms with Gasteiger partial charge in [-0.2, -0.15) is 0 Å². The smallest absolute Gasteiger partial charge is 0.252 e. The second kappa shape index (κ2) is 8.93. The van der Waals surface area contributed by atoms with Crippen molar-refractivity contribution in [2.45, 2.75) is 6.42 Å². The van der Waals surface area contributed by atoms with Gasteiger partial charge in [0.15, 0.2) is 0 Å². The summed E-state index contributed by atoms with van der Waals surface area (Å²) in [6.07, 6.45) is 3.47. The number of hydrogen-bond acceptors (Lipinski definition) is 4. The Balaban J connectivity index is 1.46. The summed E-state index contributed by atoms with van der Waals surface area (Å²) in [7, 11) is 0. The summed E-state index contributed by atoms with van der Waals surface area (Å²) in [5, 5.41) is 5.48. The number of fused-ring (bicyclic) bond motifs is 1. The van der Waals surface area contributed by atoms with Gasteiger partial charge in [0.2, 0.25) is 5.91 Å². The van der Waals surface area contributed by atoms with E-state index in [0.29, 0.717) is 22.9 Å². The summed E-state index contributed by atoms with van der Waals surface area (Å²) in [4.78, 5) is 33.7. The quantitative estimate of drug-likeness (QED) is 0.478. The second-order valence-corrected chi connectivity index (χ2v) is 7.04. The van der Waals surface area contributed by atoms with Crippen LogP contribution in [0, 0.1) is 5.82 Å². The van der Waals surface area contributed by atoms with Gasteiger partial charge in [0.25, 0.3) is 5.91 Å². The molecule has 156 valence electrons. The third kappa shape index (κ3) is 4.54. The van der Waals surface area contributed by atoms with Crippen LogP contribution in [0.15, 0.2) is 67.0 Å². The van der Waals surface area contributed by atoms with E-state index in [1.54, 1.807) is 22.9 Å². The standard InChI is InChI=1S/C22H17ClFN5O2/c23-16-13-14(24)7-8-15(16)22(31)26-11-9-19(30)28-21-20(17-5-1-3-10-25-17)27-18-6-2-4-12-29(18)21/h1-8,10,12-13H,9,11H2,(H,26,31)(H,28,30). The van der Waals surface area contributed by atoms with Gasteiger partial charge >= 0.3 is 0 Å². The molecule has 0 saturated heterocycles. The van der Waals surface area contributed by atoms with Gasteiger partial charge in [-0.05, 0) is 42.5 Å². The minimum atomic E-state index is -0.530. The van der Waals surface area contributed by atoms with Gasteiger partial charge in [0, 0.05) is 25.4 Å². The fraction of sp³-hybridized carbons (Fsp3) is 0.0909. The number of imidazole rings is 1. The number of nitrogens with zero attached hydrogens (tertiary/aromatic N) is 3. The van der Waals surface area contributed by atoms with Crippen molar-refractivity contribution in [1.29, 1.82) is 0 Å². The summed E-state index contributed by atoms with van der Waals surface area (Å²) in [5.74, 6) is -0.833. The molecule has 0 aliphatic carbocycles. The Labute approximate surface area is 181 Å². The average molecular weight is 438 g/mol. The molecule has 0 spiro atoms. The Bertz CT molecular complexity index is 1260. The number of anilines is 1. The molecule has 0 fully saturated rings. The van der Waals surface area contributed by atoms with E-state index < -0.39 is 11.7 Å². The summed E-state index contributed by atoms with van der Waals surface area (Å²) in [5.41, 5.74) is 1.98. The van der Waals surface area contributed by atoms with E-state index in [0.717, 1.165) is 12.1 Å². The Morgan fingerprint density at radius 1 is 1.10 bits per heavy atom. The largest absolute Gasteiger partial charge is 0.351 e. The van der Waals surface area contributed by atoms with Crippen LogP contribution in [0.4, 0.5) is 10.2 Å². The highest BCUT2D eigenvalue weighted by atomic mass is 35.5. The van der Waals surface area contributed by atoms with Gasteiger partial charge in [-0.25, -0.2) is 9.37 Å². The maximum Gasteiger partial charge on any atom is 0.252 e. The van der Waals surface area contributed by atoms with E-state index in [1.807, 2.05) is 30.3 Å². The number of rotatable bonds is 6. The first-order valence-corrected chi connectivity index (χ1v) is 9.82. The normalized spacial score (nSPS) is 10.8. The molecular weight excluding hydrogens is 421 g/mol. The molecule has 1 aromatic carbocycles. The molecule has 31 heavy (non-hydrogen) atoms. The molecule has 0 radical (unpaired) electrons. The van der Waals surface area contributed by atoms with Crippen LogP contribution in [-0.2, 0) is 4.79 Å². The second-order valence-electron chi connectivity index (χ2n) is 6.63. The number of nitrogens with one attached hydrogen (secondary N) is 2. The van der Waals surface area contributed by atoms with E-state index in [2.05, 4.69) is 20.6 Å². The third-order valence-electron chi connectivity index (χ3n) is 4.51. The number of carbonyl (C=O) groups is 2. The van der Waals surface area contributed by atoms with E-state index in [1.165, 1.54) is 6.07 Å². The molecule has 4 rings (SSSR count). The number of amides is 2. The number of hydrogen-bond donors (Lipinski definition) is 2. The van der Waals surface area contributed by atoms with Crippen molar-refractivity contribution >= 4 is 34.9 Å². The van der Waals surface area contributed by atoms with Gasteiger partial charge in [-0.1, -0.05) is 23.7 Å². The van der Waals surface area contributed by atoms with Crippen molar-refractivity contribution in [3.05, 3.63) is 83.4 Å². The number of benzene rings is 1. The van der Waals surface area contributed by atoms with Crippen molar-refractivity contribution in [3.63, 3.8) is 0 Å². The molecule has 0 aliphatic rings. The monoisotopic (exact) mass is 437 g/mol. The van der Waals surface area contributed by atoms with Crippen LogP contribution in [0.3, 0.4) is 0 Å². The lowest BCUT2D eigenvalue weighted by atomic mass is 10.2. The van der Waals surface area contributed by atoms with Gasteiger partial charge in [-0.15, -0.1) is 0 Å². The molecule has 3 heterocycles. The lowest BCUT2D eigenvalue weighted by Crippen LogP contribution is -2.28. The van der Waals surface area contributed by atoms with Crippen LogP contribution in [0.25, 0.3) is 17.0 Å². The van der Waals surface area contributed by atoms with E-state index >= 15 is 0 Å². The topological polar surface area (TPSA) is 88.4 Å². The lowest BCUT2D eigenvalue weighted by molar-refractivity contribution is -0.116. The minimum Gasteiger partial charge on any atom is -0.351 e. The minimum absolute atomic E-state index is 0.00711. The van der Waals surface area contributed by atoms with Crippen molar-refractivity contribution in [2.24, 2.45) is 0 Å². The summed E-state index contributed by atoms with van der Waals surface area (Å²) in [6.45, 7) is 0.0774. The average Bonchev–Trinajstić information content (AvgIpc) is 3.12. The molecule has 0 bridgehead atoms. The van der Waals surface area contributed by atoms with E-state index in [9.17, 15) is 14.0 Å². The molecule has 0 unspecified atom stereocenters. The Morgan fingerprint density at radius 3 is 2.71 bits per heavy atom. The summed E-state index contributed by atoms with van der Waals surface area (Å²) < 4.78 is 14.9. The molecule has 4 aromatic rings. The first-order chi connectivity index (χ1) is 15.0. The molecule has 0 aliphatic heterocycles. The number of halogens is 2. The van der Waals surface area contributed by atoms with Gasteiger partial charge in [-0.3, -0.25) is 19.0 Å². The maximum absolute atomic E-state index is 13.1. The molecular formula is C22H17ClFN5O2. The van der Waals surface area contributed by atoms with Crippen molar-refractivity contribution < 1.29 is 14.0 Å².